The number of nitrogens with zero attached hydrogens (tertiary/aromatic N) is 5. The summed E-state index contributed by atoms with van der Waals surface area (Å²) >= 11 is 2.11. The molecule has 19 heavy (non-hydrogen) atoms. The van der Waals surface area contributed by atoms with E-state index in [9.17, 15) is 0 Å². The van der Waals surface area contributed by atoms with Gasteiger partial charge in [0.15, 0.2) is 5.82 Å². The molecule has 5 nitrogen and oxygen atoms in total. The smallest absolute Gasteiger partial charge is 0.165 e. The van der Waals surface area contributed by atoms with Gasteiger partial charge in [-0.25, -0.2) is 4.68 Å². The lowest BCUT2D eigenvalue weighted by molar-refractivity contribution is 0.227. The second-order valence-electron chi connectivity index (χ2n) is 5.28. The number of hydrogen-bond donors (Lipinski definition) is 0. The Balaban J connectivity index is 1.87. The number of thioether (sulfide) groups is 1. The first-order valence-electron chi connectivity index (χ1n) is 7.31. The van der Waals surface area contributed by atoms with Gasteiger partial charge < -0.3 is 0 Å². The lowest BCUT2D eigenvalue weighted by atomic mass is 10.2. The summed E-state index contributed by atoms with van der Waals surface area (Å²) in [7, 11) is 2.20. The van der Waals surface area contributed by atoms with Gasteiger partial charge in [-0.05, 0) is 48.9 Å². The molecule has 1 fully saturated rings. The Labute approximate surface area is 120 Å². The zero-order valence-electron chi connectivity index (χ0n) is 12.2. The fourth-order valence-electron chi connectivity index (χ4n) is 2.78. The monoisotopic (exact) mass is 283 g/mol. The van der Waals surface area contributed by atoms with E-state index in [4.69, 9.17) is 0 Å². The van der Waals surface area contributed by atoms with Gasteiger partial charge in [-0.1, -0.05) is 13.8 Å². The zero-order chi connectivity index (χ0) is 13.7. The molecule has 0 spiro atoms. The van der Waals surface area contributed by atoms with Crippen LogP contribution in [0, 0.1) is 0 Å². The number of aryl methyl sites for hydroxylation is 1. The molecule has 1 heterocycles. The van der Waals surface area contributed by atoms with Crippen molar-refractivity contribution in [3.05, 3.63) is 5.82 Å². The normalized spacial score (nSPS) is 23.4. The first kappa shape index (κ1) is 14.8. The lowest BCUT2D eigenvalue weighted by Crippen LogP contribution is -2.30. The summed E-state index contributed by atoms with van der Waals surface area (Å²) in [5.74, 6) is 2.23. The average molecular weight is 283 g/mol. The topological polar surface area (TPSA) is 46.8 Å². The molecule has 2 rings (SSSR count). The van der Waals surface area contributed by atoms with E-state index in [0.717, 1.165) is 30.6 Å². The Hall–Kier alpha value is -0.620. The van der Waals surface area contributed by atoms with E-state index in [1.165, 1.54) is 25.0 Å². The molecule has 1 aliphatic rings. The molecule has 1 aromatic rings. The summed E-state index contributed by atoms with van der Waals surface area (Å²) in [6.07, 6.45) is 5.04. The predicted molar refractivity (Wildman–Crippen MR) is 79.1 cm³/mol. The average Bonchev–Trinajstić information content (AvgIpc) is 3.01. The van der Waals surface area contributed by atoms with Crippen molar-refractivity contribution < 1.29 is 0 Å². The maximum atomic E-state index is 4.16. The first-order valence-corrected chi connectivity index (χ1v) is 8.36. The van der Waals surface area contributed by atoms with Crippen molar-refractivity contribution in [2.75, 3.05) is 12.8 Å². The molecule has 108 valence electrons. The highest BCUT2D eigenvalue weighted by Gasteiger charge is 2.28. The Kier molecular flexibility index (Phi) is 5.63. The lowest BCUT2D eigenvalue weighted by Gasteiger charge is -2.23. The van der Waals surface area contributed by atoms with E-state index in [2.05, 4.69) is 53.1 Å². The number of aromatic nitrogens is 4. The van der Waals surface area contributed by atoms with Crippen molar-refractivity contribution in [2.45, 2.75) is 63.9 Å². The summed E-state index contributed by atoms with van der Waals surface area (Å²) in [5, 5.41) is 12.9. The Morgan fingerprint density at radius 1 is 1.37 bits per heavy atom. The quantitative estimate of drug-likeness (QED) is 0.767. The van der Waals surface area contributed by atoms with E-state index in [0.29, 0.717) is 6.04 Å². The van der Waals surface area contributed by atoms with Crippen molar-refractivity contribution in [1.82, 2.24) is 25.1 Å². The highest BCUT2D eigenvalue weighted by Crippen LogP contribution is 2.32. The fraction of sp³-hybridized carbons (Fsp3) is 0.923. The van der Waals surface area contributed by atoms with Crippen molar-refractivity contribution in [3.63, 3.8) is 0 Å². The maximum Gasteiger partial charge on any atom is 0.165 e. The molecule has 1 aromatic heterocycles. The molecule has 0 amide bonds. The molecular weight excluding hydrogens is 258 g/mol. The van der Waals surface area contributed by atoms with E-state index in [1.807, 2.05) is 4.68 Å². The third-order valence-electron chi connectivity index (χ3n) is 3.81. The standard InChI is InChI=1S/C13H25N5S/c1-4-8-18-13(14-15-16-18)10-17(3)11-6-7-12(9-11)19-5-2/h11-12H,4-10H2,1-3H3/t11-,12-/m0/s1. The van der Waals surface area contributed by atoms with Gasteiger partial charge in [0.1, 0.15) is 0 Å². The van der Waals surface area contributed by atoms with Crippen LogP contribution in [0.5, 0.6) is 0 Å². The van der Waals surface area contributed by atoms with E-state index < -0.39 is 0 Å². The van der Waals surface area contributed by atoms with Gasteiger partial charge in [-0.3, -0.25) is 4.90 Å². The Bertz CT molecular complexity index is 381. The van der Waals surface area contributed by atoms with Gasteiger partial charge in [0, 0.05) is 17.8 Å². The van der Waals surface area contributed by atoms with E-state index >= 15 is 0 Å². The van der Waals surface area contributed by atoms with Gasteiger partial charge in [0.2, 0.25) is 0 Å². The van der Waals surface area contributed by atoms with E-state index in [-0.39, 0.29) is 0 Å². The fourth-order valence-corrected chi connectivity index (χ4v) is 3.91. The molecule has 0 bridgehead atoms. The highest BCUT2D eigenvalue weighted by molar-refractivity contribution is 7.99. The van der Waals surface area contributed by atoms with Crippen LogP contribution in [0.1, 0.15) is 45.4 Å². The zero-order valence-corrected chi connectivity index (χ0v) is 13.1. The minimum absolute atomic E-state index is 0.691. The maximum absolute atomic E-state index is 4.16. The van der Waals surface area contributed by atoms with Crippen LogP contribution < -0.4 is 0 Å². The van der Waals surface area contributed by atoms with Crippen LogP contribution in [0.25, 0.3) is 0 Å². The molecule has 0 saturated heterocycles. The van der Waals surface area contributed by atoms with Gasteiger partial charge in [0.05, 0.1) is 6.54 Å². The van der Waals surface area contributed by atoms with Gasteiger partial charge in [-0.2, -0.15) is 11.8 Å². The first-order chi connectivity index (χ1) is 9.24. The highest BCUT2D eigenvalue weighted by atomic mass is 32.2. The van der Waals surface area contributed by atoms with Crippen molar-refractivity contribution in [1.29, 1.82) is 0 Å². The summed E-state index contributed by atoms with van der Waals surface area (Å²) in [6.45, 7) is 6.18. The van der Waals surface area contributed by atoms with Crippen LogP contribution in [-0.4, -0.2) is 49.2 Å². The van der Waals surface area contributed by atoms with Gasteiger partial charge in [0.25, 0.3) is 0 Å². The molecule has 0 radical (unpaired) electrons. The van der Waals surface area contributed by atoms with Gasteiger partial charge in [-0.15, -0.1) is 5.10 Å². The largest absolute Gasteiger partial charge is 0.296 e. The molecule has 0 unspecified atom stereocenters. The summed E-state index contributed by atoms with van der Waals surface area (Å²) in [6, 6.07) is 0.691. The molecule has 0 aliphatic heterocycles. The minimum atomic E-state index is 0.691. The van der Waals surface area contributed by atoms with Crippen molar-refractivity contribution >= 4 is 11.8 Å². The van der Waals surface area contributed by atoms with Crippen molar-refractivity contribution in [2.24, 2.45) is 0 Å². The predicted octanol–water partition coefficient (Wildman–Crippen LogP) is 2.19. The summed E-state index contributed by atoms with van der Waals surface area (Å²) in [4.78, 5) is 2.42. The third kappa shape index (κ3) is 3.92. The number of tetrazole rings is 1. The summed E-state index contributed by atoms with van der Waals surface area (Å²) < 4.78 is 1.93. The van der Waals surface area contributed by atoms with E-state index in [1.54, 1.807) is 0 Å². The van der Waals surface area contributed by atoms with Crippen LogP contribution in [0.4, 0.5) is 0 Å². The molecule has 6 heteroatoms. The molecule has 2 atom stereocenters. The van der Waals surface area contributed by atoms with Crippen molar-refractivity contribution in [3.8, 4) is 0 Å². The molecule has 1 saturated carbocycles. The second-order valence-corrected chi connectivity index (χ2v) is 6.85. The molecule has 0 aromatic carbocycles. The van der Waals surface area contributed by atoms with Crippen LogP contribution in [0.3, 0.4) is 0 Å². The molecule has 1 aliphatic carbocycles. The van der Waals surface area contributed by atoms with Crippen LogP contribution in [-0.2, 0) is 13.1 Å². The minimum Gasteiger partial charge on any atom is -0.296 e. The number of rotatable bonds is 7. The van der Waals surface area contributed by atoms with Crippen LogP contribution in [0.2, 0.25) is 0 Å². The molecule has 0 N–H and O–H groups in total. The number of hydrogen-bond acceptors (Lipinski definition) is 5. The SMILES string of the molecule is CCCn1nnnc1CN(C)[C@H]1CC[C@H](SCC)C1. The second kappa shape index (κ2) is 7.24. The molecular formula is C13H25N5S. The summed E-state index contributed by atoms with van der Waals surface area (Å²) in [5.41, 5.74) is 0. The Morgan fingerprint density at radius 2 is 2.21 bits per heavy atom. The third-order valence-corrected chi connectivity index (χ3v) is 5.05. The van der Waals surface area contributed by atoms with Crippen LogP contribution in [0.15, 0.2) is 0 Å². The van der Waals surface area contributed by atoms with Crippen LogP contribution >= 0.6 is 11.8 Å². The van der Waals surface area contributed by atoms with Gasteiger partial charge >= 0.3 is 0 Å². The Morgan fingerprint density at radius 3 is 2.95 bits per heavy atom.